The molecule has 0 amide bonds. The molecule has 0 spiro atoms. The van der Waals surface area contributed by atoms with Gasteiger partial charge in [0.05, 0.1) is 5.56 Å². The fraction of sp³-hybridized carbons (Fsp3) is 0.0455. The summed E-state index contributed by atoms with van der Waals surface area (Å²) in [6, 6.07) is 20.6. The van der Waals surface area contributed by atoms with Gasteiger partial charge in [0.2, 0.25) is 0 Å². The molecule has 0 aliphatic heterocycles. The van der Waals surface area contributed by atoms with Crippen molar-refractivity contribution in [2.75, 3.05) is 0 Å². The maximum atomic E-state index is 13.0. The average molecular weight is 346 g/mol. The molecule has 0 saturated heterocycles. The smallest absolute Gasteiger partial charge is 0.196 e. The van der Waals surface area contributed by atoms with Crippen molar-refractivity contribution < 1.29 is 18.3 Å². The van der Waals surface area contributed by atoms with Gasteiger partial charge in [-0.2, -0.15) is 0 Å². The average Bonchev–Trinajstić information content (AvgIpc) is 3.11. The van der Waals surface area contributed by atoms with E-state index in [9.17, 15) is 9.18 Å². The third kappa shape index (κ3) is 3.22. The van der Waals surface area contributed by atoms with Crippen molar-refractivity contribution in [2.24, 2.45) is 0 Å². The first-order valence-electron chi connectivity index (χ1n) is 8.19. The molecule has 0 radical (unpaired) electrons. The van der Waals surface area contributed by atoms with Crippen LogP contribution in [0, 0.1) is 5.82 Å². The zero-order valence-electron chi connectivity index (χ0n) is 13.8. The minimum Gasteiger partial charge on any atom is -0.489 e. The van der Waals surface area contributed by atoms with Gasteiger partial charge in [0.1, 0.15) is 30.0 Å². The number of hydrogen-bond acceptors (Lipinski definition) is 3. The Hall–Kier alpha value is -3.40. The molecule has 0 aliphatic carbocycles. The fourth-order valence-electron chi connectivity index (χ4n) is 2.77. The highest BCUT2D eigenvalue weighted by Crippen LogP contribution is 2.28. The van der Waals surface area contributed by atoms with E-state index in [1.54, 1.807) is 42.5 Å². The van der Waals surface area contributed by atoms with Crippen LogP contribution in [0.2, 0.25) is 0 Å². The van der Waals surface area contributed by atoms with Gasteiger partial charge < -0.3 is 9.15 Å². The van der Waals surface area contributed by atoms with Gasteiger partial charge in [-0.3, -0.25) is 4.79 Å². The lowest BCUT2D eigenvalue weighted by Crippen LogP contribution is -2.00. The van der Waals surface area contributed by atoms with Gasteiger partial charge in [-0.25, -0.2) is 4.39 Å². The molecule has 0 N–H and O–H groups in total. The van der Waals surface area contributed by atoms with Crippen molar-refractivity contribution in [3.05, 3.63) is 102 Å². The molecule has 1 aromatic heterocycles. The Balaban J connectivity index is 1.60. The molecule has 0 unspecified atom stereocenters. The van der Waals surface area contributed by atoms with Crippen molar-refractivity contribution in [1.82, 2.24) is 0 Å². The molecule has 0 fully saturated rings. The molecular weight excluding hydrogens is 331 g/mol. The van der Waals surface area contributed by atoms with Crippen LogP contribution in [0.15, 0.2) is 83.5 Å². The first-order valence-corrected chi connectivity index (χ1v) is 8.19. The summed E-state index contributed by atoms with van der Waals surface area (Å²) in [5.74, 6) is 0.239. The van der Waals surface area contributed by atoms with Crippen LogP contribution in [0.5, 0.6) is 5.75 Å². The van der Waals surface area contributed by atoms with Crippen molar-refractivity contribution in [3.8, 4) is 5.75 Å². The summed E-state index contributed by atoms with van der Waals surface area (Å²) in [6.07, 6.45) is 1.48. The Labute approximate surface area is 149 Å². The number of rotatable bonds is 5. The fourth-order valence-corrected chi connectivity index (χ4v) is 2.77. The maximum absolute atomic E-state index is 13.0. The molecule has 0 saturated carbocycles. The highest BCUT2D eigenvalue weighted by atomic mass is 19.1. The highest BCUT2D eigenvalue weighted by Gasteiger charge is 2.16. The van der Waals surface area contributed by atoms with Gasteiger partial charge in [0.25, 0.3) is 0 Å². The van der Waals surface area contributed by atoms with Crippen LogP contribution < -0.4 is 4.74 Å². The van der Waals surface area contributed by atoms with Crippen LogP contribution >= 0.6 is 0 Å². The molecule has 1 heterocycles. The largest absolute Gasteiger partial charge is 0.489 e. The standard InChI is InChI=1S/C22H15FO3/c23-17-8-6-15(7-9-17)13-25-18-10-11-21-19(12-18)20(14-26-21)22(24)16-4-2-1-3-5-16/h1-12,14H,13H2. The van der Waals surface area contributed by atoms with Crippen molar-refractivity contribution in [1.29, 1.82) is 0 Å². The van der Waals surface area contributed by atoms with Crippen LogP contribution in [0.4, 0.5) is 4.39 Å². The Bertz CT molecular complexity index is 1050. The minimum atomic E-state index is -0.280. The second kappa shape index (κ2) is 6.84. The Morgan fingerprint density at radius 2 is 1.73 bits per heavy atom. The lowest BCUT2D eigenvalue weighted by molar-refractivity contribution is 0.103. The van der Waals surface area contributed by atoms with Gasteiger partial charge in [-0.15, -0.1) is 0 Å². The van der Waals surface area contributed by atoms with Crippen LogP contribution in [-0.2, 0) is 6.61 Å². The predicted octanol–water partition coefficient (Wildman–Crippen LogP) is 5.38. The normalized spacial score (nSPS) is 10.8. The SMILES string of the molecule is O=C(c1ccccc1)c1coc2ccc(OCc3ccc(F)cc3)cc12. The van der Waals surface area contributed by atoms with Crippen molar-refractivity contribution >= 4 is 16.8 Å². The van der Waals surface area contributed by atoms with Crippen molar-refractivity contribution in [2.45, 2.75) is 6.61 Å². The number of benzene rings is 3. The molecule has 3 nitrogen and oxygen atoms in total. The Morgan fingerprint density at radius 1 is 0.962 bits per heavy atom. The van der Waals surface area contributed by atoms with Gasteiger partial charge in [0.15, 0.2) is 5.78 Å². The summed E-state index contributed by atoms with van der Waals surface area (Å²) in [5, 5.41) is 0.704. The summed E-state index contributed by atoms with van der Waals surface area (Å²) >= 11 is 0. The molecule has 3 aromatic carbocycles. The second-order valence-electron chi connectivity index (χ2n) is 5.92. The summed E-state index contributed by atoms with van der Waals surface area (Å²) in [5.41, 5.74) is 2.59. The van der Waals surface area contributed by atoms with E-state index >= 15 is 0 Å². The number of fused-ring (bicyclic) bond motifs is 1. The van der Waals surface area contributed by atoms with E-state index in [4.69, 9.17) is 9.15 Å². The molecule has 0 bridgehead atoms. The van der Waals surface area contributed by atoms with E-state index in [2.05, 4.69) is 0 Å². The van der Waals surface area contributed by atoms with Gasteiger partial charge in [-0.1, -0.05) is 42.5 Å². The lowest BCUT2D eigenvalue weighted by atomic mass is 10.0. The van der Waals surface area contributed by atoms with Crippen molar-refractivity contribution in [3.63, 3.8) is 0 Å². The van der Waals surface area contributed by atoms with Crippen LogP contribution in [0.3, 0.4) is 0 Å². The van der Waals surface area contributed by atoms with Crippen LogP contribution in [0.1, 0.15) is 21.5 Å². The number of ketones is 1. The third-order valence-electron chi connectivity index (χ3n) is 4.14. The number of halogens is 1. The van der Waals surface area contributed by atoms with Crippen LogP contribution in [0.25, 0.3) is 11.0 Å². The zero-order valence-corrected chi connectivity index (χ0v) is 13.8. The van der Waals surface area contributed by atoms with E-state index in [1.165, 1.54) is 18.4 Å². The summed E-state index contributed by atoms with van der Waals surface area (Å²) < 4.78 is 24.2. The van der Waals surface area contributed by atoms with E-state index in [0.717, 1.165) is 5.56 Å². The molecule has 0 aliphatic rings. The third-order valence-corrected chi connectivity index (χ3v) is 4.14. The van der Waals surface area contributed by atoms with E-state index < -0.39 is 0 Å². The number of carbonyl (C=O) groups excluding carboxylic acids is 1. The highest BCUT2D eigenvalue weighted by molar-refractivity contribution is 6.16. The summed E-state index contributed by atoms with van der Waals surface area (Å²) in [6.45, 7) is 0.311. The number of carbonyl (C=O) groups is 1. The molecule has 4 heteroatoms. The summed E-state index contributed by atoms with van der Waals surface area (Å²) in [4.78, 5) is 12.7. The second-order valence-corrected chi connectivity index (χ2v) is 5.92. The Kier molecular flexibility index (Phi) is 4.23. The quantitative estimate of drug-likeness (QED) is 0.455. The molecule has 4 rings (SSSR count). The monoisotopic (exact) mass is 346 g/mol. The van der Waals surface area contributed by atoms with E-state index in [1.807, 2.05) is 18.2 Å². The van der Waals surface area contributed by atoms with E-state index in [-0.39, 0.29) is 11.6 Å². The number of furan rings is 1. The first kappa shape index (κ1) is 16.1. The predicted molar refractivity (Wildman–Crippen MR) is 96.8 cm³/mol. The molecular formula is C22H15FO3. The molecule has 128 valence electrons. The van der Waals surface area contributed by atoms with Gasteiger partial charge >= 0.3 is 0 Å². The first-order chi connectivity index (χ1) is 12.7. The van der Waals surface area contributed by atoms with Gasteiger partial charge in [0, 0.05) is 10.9 Å². The number of ether oxygens (including phenoxy) is 1. The lowest BCUT2D eigenvalue weighted by Gasteiger charge is -2.07. The minimum absolute atomic E-state index is 0.0972. The maximum Gasteiger partial charge on any atom is 0.196 e. The Morgan fingerprint density at radius 3 is 2.50 bits per heavy atom. The number of hydrogen-bond donors (Lipinski definition) is 0. The molecule has 26 heavy (non-hydrogen) atoms. The topological polar surface area (TPSA) is 39.4 Å². The van der Waals surface area contributed by atoms with Crippen LogP contribution in [-0.4, -0.2) is 5.78 Å². The van der Waals surface area contributed by atoms with Gasteiger partial charge in [-0.05, 0) is 35.9 Å². The summed E-state index contributed by atoms with van der Waals surface area (Å²) in [7, 11) is 0. The molecule has 0 atom stereocenters. The van der Waals surface area contributed by atoms with E-state index in [0.29, 0.717) is 34.5 Å². The zero-order chi connectivity index (χ0) is 17.9. The molecule has 4 aromatic rings.